The van der Waals surface area contributed by atoms with Crippen LogP contribution >= 0.6 is 0 Å². The molecule has 0 aromatic heterocycles. The summed E-state index contributed by atoms with van der Waals surface area (Å²) in [6, 6.07) is 4.31. The Labute approximate surface area is 163 Å². The summed E-state index contributed by atoms with van der Waals surface area (Å²) in [4.78, 5) is 24.2. The van der Waals surface area contributed by atoms with Gasteiger partial charge in [-0.05, 0) is 19.2 Å². The van der Waals surface area contributed by atoms with E-state index in [1.807, 2.05) is 0 Å². The van der Waals surface area contributed by atoms with Crippen LogP contribution in [0.5, 0.6) is 5.75 Å². The Bertz CT molecular complexity index is 970. The molecule has 0 fully saturated rings. The lowest BCUT2D eigenvalue weighted by molar-refractivity contribution is -0.385. The van der Waals surface area contributed by atoms with E-state index in [0.717, 1.165) is 6.07 Å². The third-order valence-electron chi connectivity index (χ3n) is 4.15. The minimum absolute atomic E-state index is 0.00256. The molecule has 3 rings (SSSR count). The number of carbonyl (C=O) groups excluding carboxylic acids is 1. The van der Waals surface area contributed by atoms with Crippen molar-refractivity contribution < 1.29 is 32.4 Å². The van der Waals surface area contributed by atoms with Crippen molar-refractivity contribution in [1.29, 1.82) is 0 Å². The van der Waals surface area contributed by atoms with Crippen molar-refractivity contribution in [2.45, 2.75) is 13.2 Å². The second kappa shape index (κ2) is 8.45. The van der Waals surface area contributed by atoms with Crippen LogP contribution in [0.4, 0.5) is 24.5 Å². The normalized spacial score (nSPS) is 13.0. The summed E-state index contributed by atoms with van der Waals surface area (Å²) in [6.07, 6.45) is 0. The molecule has 0 atom stereocenters. The number of nitro benzene ring substituents is 1. The van der Waals surface area contributed by atoms with E-state index < -0.39 is 34.0 Å². The number of hydrogen-bond acceptors (Lipinski definition) is 6. The Morgan fingerprint density at radius 2 is 2.03 bits per heavy atom. The minimum Gasteiger partial charge on any atom is -0.467 e. The van der Waals surface area contributed by atoms with Gasteiger partial charge < -0.3 is 14.8 Å². The number of halogens is 3. The molecule has 1 amide bonds. The van der Waals surface area contributed by atoms with Gasteiger partial charge in [-0.3, -0.25) is 19.8 Å². The summed E-state index contributed by atoms with van der Waals surface area (Å²) in [5, 5.41) is 13.3. The summed E-state index contributed by atoms with van der Waals surface area (Å²) in [7, 11) is 1.56. The number of ether oxygens (including phenoxy) is 2. The van der Waals surface area contributed by atoms with E-state index in [1.54, 1.807) is 7.05 Å². The fraction of sp³-hybridized carbons (Fsp3) is 0.278. The van der Waals surface area contributed by atoms with Crippen molar-refractivity contribution in [2.75, 3.05) is 25.7 Å². The molecule has 1 heterocycles. The van der Waals surface area contributed by atoms with Crippen LogP contribution in [0.15, 0.2) is 24.3 Å². The van der Waals surface area contributed by atoms with Crippen LogP contribution in [-0.4, -0.2) is 36.1 Å². The Hall–Kier alpha value is -3.18. The number of nitrogens with one attached hydrogen (secondary N) is 1. The smallest absolute Gasteiger partial charge is 0.270 e. The predicted molar refractivity (Wildman–Crippen MR) is 94.7 cm³/mol. The van der Waals surface area contributed by atoms with Gasteiger partial charge in [0.25, 0.3) is 5.69 Å². The van der Waals surface area contributed by atoms with Gasteiger partial charge in [0.05, 0.1) is 23.8 Å². The predicted octanol–water partition coefficient (Wildman–Crippen LogP) is 2.95. The van der Waals surface area contributed by atoms with E-state index in [2.05, 4.69) is 5.32 Å². The standard InChI is InChI=1S/C18H16F3N3O5/c1-23(7-15(25)22-14-3-2-13(19)16(20)17(14)21)6-10-4-12(24(26)27)5-11-8-28-9-29-18(10)11/h2-5H,6-9H2,1H3,(H,22,25). The van der Waals surface area contributed by atoms with Gasteiger partial charge in [-0.15, -0.1) is 0 Å². The van der Waals surface area contributed by atoms with Gasteiger partial charge in [0.1, 0.15) is 5.75 Å². The number of nitrogens with zero attached hydrogens (tertiary/aromatic N) is 2. The number of benzene rings is 2. The van der Waals surface area contributed by atoms with Crippen LogP contribution in [0.2, 0.25) is 0 Å². The third kappa shape index (κ3) is 4.63. The second-order valence-electron chi connectivity index (χ2n) is 6.40. The van der Waals surface area contributed by atoms with Crippen LogP contribution in [0.1, 0.15) is 11.1 Å². The van der Waals surface area contributed by atoms with Gasteiger partial charge in [0.2, 0.25) is 5.91 Å². The molecule has 2 aromatic rings. The highest BCUT2D eigenvalue weighted by atomic mass is 19.2. The molecule has 1 aliphatic heterocycles. The molecule has 1 N–H and O–H groups in total. The molecular formula is C18H16F3N3O5. The second-order valence-corrected chi connectivity index (χ2v) is 6.40. The van der Waals surface area contributed by atoms with Crippen molar-refractivity contribution in [1.82, 2.24) is 4.90 Å². The molecule has 0 radical (unpaired) electrons. The monoisotopic (exact) mass is 411 g/mol. The summed E-state index contributed by atoms with van der Waals surface area (Å²) in [5.74, 6) is -4.78. The van der Waals surface area contributed by atoms with E-state index in [9.17, 15) is 28.1 Å². The molecule has 0 saturated heterocycles. The van der Waals surface area contributed by atoms with Crippen LogP contribution in [-0.2, 0) is 22.7 Å². The molecule has 154 valence electrons. The Kier molecular flexibility index (Phi) is 5.99. The average molecular weight is 411 g/mol. The number of likely N-dealkylation sites (N-methyl/N-ethyl adjacent to an activating group) is 1. The third-order valence-corrected chi connectivity index (χ3v) is 4.15. The van der Waals surface area contributed by atoms with Gasteiger partial charge in [0.15, 0.2) is 24.2 Å². The van der Waals surface area contributed by atoms with E-state index in [1.165, 1.54) is 17.0 Å². The van der Waals surface area contributed by atoms with Crippen LogP contribution in [0.25, 0.3) is 0 Å². The lowest BCUT2D eigenvalue weighted by Crippen LogP contribution is -2.30. The maximum atomic E-state index is 13.7. The first-order valence-electron chi connectivity index (χ1n) is 8.39. The number of non-ortho nitro benzene ring substituents is 1. The van der Waals surface area contributed by atoms with Crippen molar-refractivity contribution in [2.24, 2.45) is 0 Å². The molecule has 1 aliphatic rings. The number of hydrogen-bond donors (Lipinski definition) is 1. The first-order chi connectivity index (χ1) is 13.8. The molecule has 0 bridgehead atoms. The molecule has 2 aromatic carbocycles. The number of nitro groups is 1. The zero-order valence-corrected chi connectivity index (χ0v) is 15.2. The van der Waals surface area contributed by atoms with Gasteiger partial charge in [-0.2, -0.15) is 0 Å². The molecule has 11 heteroatoms. The maximum absolute atomic E-state index is 13.7. The van der Waals surface area contributed by atoms with Crippen molar-refractivity contribution in [3.8, 4) is 5.75 Å². The average Bonchev–Trinajstić information content (AvgIpc) is 2.68. The molecule has 0 saturated carbocycles. The fourth-order valence-electron chi connectivity index (χ4n) is 2.91. The number of anilines is 1. The zero-order chi connectivity index (χ0) is 21.1. The molecule has 8 nitrogen and oxygen atoms in total. The largest absolute Gasteiger partial charge is 0.467 e. The van der Waals surface area contributed by atoms with Crippen molar-refractivity contribution in [3.63, 3.8) is 0 Å². The van der Waals surface area contributed by atoms with Gasteiger partial charge in [-0.1, -0.05) is 0 Å². The SMILES string of the molecule is CN(CC(=O)Nc1ccc(F)c(F)c1F)Cc1cc([N+](=O)[O-])cc2c1OCOC2. The highest BCUT2D eigenvalue weighted by Crippen LogP contribution is 2.33. The molecule has 0 unspecified atom stereocenters. The summed E-state index contributed by atoms with van der Waals surface area (Å²) in [6.45, 7) is 0.0190. The van der Waals surface area contributed by atoms with E-state index >= 15 is 0 Å². The van der Waals surface area contributed by atoms with E-state index in [4.69, 9.17) is 9.47 Å². The lowest BCUT2D eigenvalue weighted by Gasteiger charge is -2.23. The van der Waals surface area contributed by atoms with E-state index in [-0.39, 0.29) is 32.2 Å². The first kappa shape index (κ1) is 20.6. The molecule has 29 heavy (non-hydrogen) atoms. The van der Waals surface area contributed by atoms with Gasteiger partial charge >= 0.3 is 0 Å². The zero-order valence-electron chi connectivity index (χ0n) is 15.2. The number of fused-ring (bicyclic) bond motifs is 1. The van der Waals surface area contributed by atoms with Crippen LogP contribution in [0.3, 0.4) is 0 Å². The van der Waals surface area contributed by atoms with Crippen LogP contribution < -0.4 is 10.1 Å². The summed E-state index contributed by atoms with van der Waals surface area (Å²) in [5.41, 5.74) is 0.360. The quantitative estimate of drug-likeness (QED) is 0.446. The number of carbonyl (C=O) groups is 1. The summed E-state index contributed by atoms with van der Waals surface area (Å²) >= 11 is 0. The number of amides is 1. The van der Waals surface area contributed by atoms with Gasteiger partial charge in [0, 0.05) is 29.8 Å². The fourth-order valence-corrected chi connectivity index (χ4v) is 2.91. The van der Waals surface area contributed by atoms with Crippen molar-refractivity contribution >= 4 is 17.3 Å². The van der Waals surface area contributed by atoms with E-state index in [0.29, 0.717) is 22.9 Å². The molecular weight excluding hydrogens is 395 g/mol. The maximum Gasteiger partial charge on any atom is 0.270 e. The number of rotatable bonds is 6. The molecule has 0 spiro atoms. The highest BCUT2D eigenvalue weighted by molar-refractivity contribution is 5.92. The topological polar surface area (TPSA) is 93.9 Å². The lowest BCUT2D eigenvalue weighted by atomic mass is 10.1. The summed E-state index contributed by atoms with van der Waals surface area (Å²) < 4.78 is 50.5. The van der Waals surface area contributed by atoms with Crippen LogP contribution in [0, 0.1) is 27.6 Å². The van der Waals surface area contributed by atoms with Gasteiger partial charge in [-0.25, -0.2) is 13.2 Å². The Morgan fingerprint density at radius 3 is 2.76 bits per heavy atom. The Balaban J connectivity index is 1.71. The van der Waals surface area contributed by atoms with Crippen molar-refractivity contribution in [3.05, 3.63) is 63.0 Å². The minimum atomic E-state index is -1.68. The molecule has 0 aliphatic carbocycles. The first-order valence-corrected chi connectivity index (χ1v) is 8.39. The Morgan fingerprint density at radius 1 is 1.28 bits per heavy atom. The highest BCUT2D eigenvalue weighted by Gasteiger charge is 2.22.